The molecule has 0 fully saturated rings. The summed E-state index contributed by atoms with van der Waals surface area (Å²) in [5.74, 6) is 0.940. The molecule has 1 aromatic heterocycles. The molecule has 1 N–H and O–H groups in total. The predicted octanol–water partition coefficient (Wildman–Crippen LogP) is 3.47. The van der Waals surface area contributed by atoms with Crippen molar-refractivity contribution in [2.45, 2.75) is 26.8 Å². The number of aromatic nitrogens is 1. The highest BCUT2D eigenvalue weighted by Crippen LogP contribution is 2.30. The summed E-state index contributed by atoms with van der Waals surface area (Å²) in [4.78, 5) is 4.45. The number of benzene rings is 1. The Hall–Kier alpha value is -1.39. The van der Waals surface area contributed by atoms with Crippen molar-refractivity contribution >= 4 is 11.3 Å². The third-order valence-corrected chi connectivity index (χ3v) is 3.85. The van der Waals surface area contributed by atoms with Crippen molar-refractivity contribution in [2.24, 2.45) is 0 Å². The van der Waals surface area contributed by atoms with Crippen molar-refractivity contribution < 1.29 is 4.74 Å². The van der Waals surface area contributed by atoms with Crippen LogP contribution in [0.2, 0.25) is 0 Å². The van der Waals surface area contributed by atoms with Gasteiger partial charge in [-0.25, -0.2) is 4.98 Å². The van der Waals surface area contributed by atoms with E-state index in [1.165, 1.54) is 11.1 Å². The van der Waals surface area contributed by atoms with E-state index in [2.05, 4.69) is 48.6 Å². The zero-order chi connectivity index (χ0) is 13.8. The lowest BCUT2D eigenvalue weighted by molar-refractivity contribution is 0.411. The summed E-state index contributed by atoms with van der Waals surface area (Å²) in [6.45, 7) is 7.22. The lowest BCUT2D eigenvalue weighted by Crippen LogP contribution is -2.23. The first kappa shape index (κ1) is 14.0. The Bertz CT molecular complexity index is 537. The van der Waals surface area contributed by atoms with Gasteiger partial charge in [0.2, 0.25) is 0 Å². The number of thiazole rings is 1. The fourth-order valence-electron chi connectivity index (χ4n) is 2.29. The Labute approximate surface area is 118 Å². The van der Waals surface area contributed by atoms with Crippen LogP contribution >= 0.6 is 11.3 Å². The van der Waals surface area contributed by atoms with Crippen LogP contribution in [0.3, 0.4) is 0 Å². The number of rotatable bonds is 5. The van der Waals surface area contributed by atoms with E-state index in [0.29, 0.717) is 0 Å². The average molecular weight is 276 g/mol. The Morgan fingerprint density at radius 2 is 2.11 bits per heavy atom. The van der Waals surface area contributed by atoms with Gasteiger partial charge in [-0.1, -0.05) is 13.0 Å². The standard InChI is InChI=1S/C15H20N2OS/c1-5-16-15(13-8-19-9-17-13)12-6-11(3)14(18-4)7-10(12)2/h6-9,15-16H,5H2,1-4H3. The van der Waals surface area contributed by atoms with Gasteiger partial charge in [0, 0.05) is 5.38 Å². The normalized spacial score (nSPS) is 12.4. The maximum Gasteiger partial charge on any atom is 0.122 e. The van der Waals surface area contributed by atoms with E-state index in [0.717, 1.165) is 23.6 Å². The molecule has 1 heterocycles. The van der Waals surface area contributed by atoms with Crippen molar-refractivity contribution in [2.75, 3.05) is 13.7 Å². The Morgan fingerprint density at radius 1 is 1.32 bits per heavy atom. The van der Waals surface area contributed by atoms with Crippen LogP contribution in [0.15, 0.2) is 23.0 Å². The van der Waals surface area contributed by atoms with Gasteiger partial charge in [-0.2, -0.15) is 0 Å². The molecule has 3 nitrogen and oxygen atoms in total. The van der Waals surface area contributed by atoms with E-state index in [-0.39, 0.29) is 6.04 Å². The highest BCUT2D eigenvalue weighted by molar-refractivity contribution is 7.07. The molecule has 0 aliphatic carbocycles. The van der Waals surface area contributed by atoms with Gasteiger partial charge < -0.3 is 10.1 Å². The van der Waals surface area contributed by atoms with Crippen molar-refractivity contribution in [3.05, 3.63) is 45.4 Å². The molecular formula is C15H20N2OS. The summed E-state index contributed by atoms with van der Waals surface area (Å²) < 4.78 is 5.38. The van der Waals surface area contributed by atoms with Crippen LogP contribution in [-0.4, -0.2) is 18.6 Å². The fraction of sp³-hybridized carbons (Fsp3) is 0.400. The number of nitrogens with one attached hydrogen (secondary N) is 1. The molecule has 0 saturated heterocycles. The van der Waals surface area contributed by atoms with Gasteiger partial charge in [0.15, 0.2) is 0 Å². The average Bonchev–Trinajstić information content (AvgIpc) is 2.92. The zero-order valence-corrected chi connectivity index (χ0v) is 12.7. The molecule has 0 saturated carbocycles. The van der Waals surface area contributed by atoms with E-state index in [4.69, 9.17) is 4.74 Å². The van der Waals surface area contributed by atoms with Crippen LogP contribution in [0.25, 0.3) is 0 Å². The van der Waals surface area contributed by atoms with Crippen LogP contribution in [0.1, 0.15) is 35.3 Å². The Kier molecular flexibility index (Phi) is 4.56. The van der Waals surface area contributed by atoms with Gasteiger partial charge in [-0.3, -0.25) is 0 Å². The van der Waals surface area contributed by atoms with Crippen molar-refractivity contribution in [1.29, 1.82) is 0 Å². The third-order valence-electron chi connectivity index (χ3n) is 3.25. The van der Waals surface area contributed by atoms with Crippen LogP contribution in [-0.2, 0) is 0 Å². The van der Waals surface area contributed by atoms with E-state index >= 15 is 0 Å². The lowest BCUT2D eigenvalue weighted by Gasteiger charge is -2.20. The first-order valence-electron chi connectivity index (χ1n) is 6.44. The first-order valence-corrected chi connectivity index (χ1v) is 7.38. The molecule has 1 unspecified atom stereocenters. The summed E-state index contributed by atoms with van der Waals surface area (Å²) in [6, 6.07) is 4.45. The SMILES string of the molecule is CCNC(c1cscn1)c1cc(C)c(OC)cc1C. The first-order chi connectivity index (χ1) is 9.17. The molecule has 0 aliphatic rings. The molecule has 1 aromatic carbocycles. The molecular weight excluding hydrogens is 256 g/mol. The Balaban J connectivity index is 2.45. The molecule has 0 aliphatic heterocycles. The smallest absolute Gasteiger partial charge is 0.122 e. The van der Waals surface area contributed by atoms with E-state index in [9.17, 15) is 0 Å². The minimum absolute atomic E-state index is 0.154. The molecule has 4 heteroatoms. The molecule has 2 rings (SSSR count). The van der Waals surface area contributed by atoms with Gasteiger partial charge in [-0.15, -0.1) is 11.3 Å². The summed E-state index contributed by atoms with van der Waals surface area (Å²) in [5.41, 5.74) is 6.61. The van der Waals surface area contributed by atoms with Gasteiger partial charge in [0.05, 0.1) is 24.4 Å². The fourth-order valence-corrected chi connectivity index (χ4v) is 2.87. The quantitative estimate of drug-likeness (QED) is 0.908. The van der Waals surface area contributed by atoms with Crippen LogP contribution < -0.4 is 10.1 Å². The van der Waals surface area contributed by atoms with Crippen molar-refractivity contribution in [3.63, 3.8) is 0 Å². The van der Waals surface area contributed by atoms with Crippen molar-refractivity contribution in [1.82, 2.24) is 10.3 Å². The maximum atomic E-state index is 5.38. The number of aryl methyl sites for hydroxylation is 2. The number of hydrogen-bond donors (Lipinski definition) is 1. The number of ether oxygens (including phenoxy) is 1. The second kappa shape index (κ2) is 6.17. The third kappa shape index (κ3) is 2.96. The molecule has 0 amide bonds. The second-order valence-corrected chi connectivity index (χ2v) is 5.30. The second-order valence-electron chi connectivity index (χ2n) is 4.58. The van der Waals surface area contributed by atoms with Gasteiger partial charge in [0.25, 0.3) is 0 Å². The molecule has 0 radical (unpaired) electrons. The number of nitrogens with zero attached hydrogens (tertiary/aromatic N) is 1. The number of methoxy groups -OCH3 is 1. The minimum atomic E-state index is 0.154. The highest BCUT2D eigenvalue weighted by atomic mass is 32.1. The van der Waals surface area contributed by atoms with Crippen LogP contribution in [0, 0.1) is 13.8 Å². The molecule has 0 bridgehead atoms. The minimum Gasteiger partial charge on any atom is -0.496 e. The maximum absolute atomic E-state index is 5.38. The predicted molar refractivity (Wildman–Crippen MR) is 80.1 cm³/mol. The summed E-state index contributed by atoms with van der Waals surface area (Å²) >= 11 is 1.63. The van der Waals surface area contributed by atoms with Crippen LogP contribution in [0.4, 0.5) is 0 Å². The number of hydrogen-bond acceptors (Lipinski definition) is 4. The Morgan fingerprint density at radius 3 is 2.68 bits per heavy atom. The largest absolute Gasteiger partial charge is 0.496 e. The van der Waals surface area contributed by atoms with Gasteiger partial charge in [-0.05, 0) is 43.1 Å². The molecule has 0 spiro atoms. The molecule has 102 valence electrons. The van der Waals surface area contributed by atoms with Crippen LogP contribution in [0.5, 0.6) is 5.75 Å². The van der Waals surface area contributed by atoms with E-state index in [1.807, 2.05) is 5.51 Å². The monoisotopic (exact) mass is 276 g/mol. The summed E-state index contributed by atoms with van der Waals surface area (Å²) in [5, 5.41) is 5.61. The zero-order valence-electron chi connectivity index (χ0n) is 11.9. The van der Waals surface area contributed by atoms with E-state index < -0.39 is 0 Å². The van der Waals surface area contributed by atoms with Gasteiger partial charge in [0.1, 0.15) is 5.75 Å². The van der Waals surface area contributed by atoms with Gasteiger partial charge >= 0.3 is 0 Å². The molecule has 19 heavy (non-hydrogen) atoms. The molecule has 1 atom stereocenters. The summed E-state index contributed by atoms with van der Waals surface area (Å²) in [7, 11) is 1.71. The lowest BCUT2D eigenvalue weighted by atomic mass is 9.96. The molecule has 2 aromatic rings. The topological polar surface area (TPSA) is 34.2 Å². The van der Waals surface area contributed by atoms with E-state index in [1.54, 1.807) is 18.4 Å². The van der Waals surface area contributed by atoms with Crippen molar-refractivity contribution in [3.8, 4) is 5.75 Å². The highest BCUT2D eigenvalue weighted by Gasteiger charge is 2.18. The summed E-state index contributed by atoms with van der Waals surface area (Å²) in [6.07, 6.45) is 0.